The third-order valence-electron chi connectivity index (χ3n) is 3.36. The molecule has 0 bridgehead atoms. The Morgan fingerprint density at radius 2 is 2.14 bits per heavy atom. The van der Waals surface area contributed by atoms with Crippen molar-refractivity contribution in [2.45, 2.75) is 45.1 Å². The van der Waals surface area contributed by atoms with Gasteiger partial charge in [0.05, 0.1) is 5.60 Å². The fourth-order valence-corrected chi connectivity index (χ4v) is 2.68. The molecule has 1 heterocycles. The fraction of sp³-hybridized carbons (Fsp3) is 0.750. The largest absolute Gasteiger partial charge is 0.376 e. The van der Waals surface area contributed by atoms with Crippen molar-refractivity contribution in [3.05, 3.63) is 12.2 Å². The predicted molar refractivity (Wildman–Crippen MR) is 55.1 cm³/mol. The molecule has 2 rings (SSSR count). The summed E-state index contributed by atoms with van der Waals surface area (Å²) in [5.41, 5.74) is 0.221. The van der Waals surface area contributed by atoms with E-state index in [0.717, 1.165) is 25.9 Å². The van der Waals surface area contributed by atoms with Crippen LogP contribution < -0.4 is 0 Å². The molecule has 2 nitrogen and oxygen atoms in total. The number of ether oxygens (including phenoxy) is 1. The third kappa shape index (κ3) is 1.90. The zero-order chi connectivity index (χ0) is 10.2. The number of carbonyl (C=O) groups is 1. The maximum atomic E-state index is 11.1. The molecule has 0 amide bonds. The molecule has 1 aliphatic heterocycles. The summed E-state index contributed by atoms with van der Waals surface area (Å²) in [5, 5.41) is 0. The van der Waals surface area contributed by atoms with E-state index in [9.17, 15) is 4.79 Å². The van der Waals surface area contributed by atoms with Crippen LogP contribution in [0.5, 0.6) is 0 Å². The maximum absolute atomic E-state index is 11.1. The SMILES string of the molecule is CC1(C)C[C@]2(C=CC(=O)CC2)CCO1. The van der Waals surface area contributed by atoms with Gasteiger partial charge in [-0.15, -0.1) is 0 Å². The van der Waals surface area contributed by atoms with Crippen LogP contribution in [0.25, 0.3) is 0 Å². The normalized spacial score (nSPS) is 36.3. The van der Waals surface area contributed by atoms with E-state index in [1.807, 2.05) is 0 Å². The molecule has 0 N–H and O–H groups in total. The molecule has 14 heavy (non-hydrogen) atoms. The van der Waals surface area contributed by atoms with Crippen molar-refractivity contribution in [3.8, 4) is 0 Å². The van der Waals surface area contributed by atoms with Crippen LogP contribution in [-0.4, -0.2) is 18.0 Å². The monoisotopic (exact) mass is 194 g/mol. The smallest absolute Gasteiger partial charge is 0.155 e. The van der Waals surface area contributed by atoms with Crippen molar-refractivity contribution in [1.82, 2.24) is 0 Å². The lowest BCUT2D eigenvalue weighted by molar-refractivity contribution is -0.119. The first-order valence-electron chi connectivity index (χ1n) is 5.38. The molecule has 0 radical (unpaired) electrons. The molecule has 1 saturated heterocycles. The van der Waals surface area contributed by atoms with E-state index in [1.54, 1.807) is 6.08 Å². The number of hydrogen-bond acceptors (Lipinski definition) is 2. The zero-order valence-electron chi connectivity index (χ0n) is 9.01. The van der Waals surface area contributed by atoms with Crippen LogP contribution in [0, 0.1) is 5.41 Å². The Morgan fingerprint density at radius 3 is 2.71 bits per heavy atom. The first kappa shape index (κ1) is 9.91. The molecule has 1 atom stereocenters. The molecule has 1 spiro atoms. The van der Waals surface area contributed by atoms with Crippen molar-refractivity contribution < 1.29 is 9.53 Å². The van der Waals surface area contributed by atoms with E-state index in [-0.39, 0.29) is 16.8 Å². The van der Waals surface area contributed by atoms with Crippen molar-refractivity contribution in [2.75, 3.05) is 6.61 Å². The molecule has 0 aromatic heterocycles. The summed E-state index contributed by atoms with van der Waals surface area (Å²) >= 11 is 0. The van der Waals surface area contributed by atoms with Crippen LogP contribution in [-0.2, 0) is 9.53 Å². The molecule has 0 aromatic rings. The van der Waals surface area contributed by atoms with Gasteiger partial charge in [-0.1, -0.05) is 6.08 Å². The summed E-state index contributed by atoms with van der Waals surface area (Å²) in [6.07, 6.45) is 7.74. The molecule has 1 aliphatic carbocycles. The summed E-state index contributed by atoms with van der Waals surface area (Å²) in [7, 11) is 0. The number of hydrogen-bond donors (Lipinski definition) is 0. The summed E-state index contributed by atoms with van der Waals surface area (Å²) in [6.45, 7) is 5.10. The maximum Gasteiger partial charge on any atom is 0.155 e. The van der Waals surface area contributed by atoms with Gasteiger partial charge in [0.1, 0.15) is 0 Å². The molecule has 2 heteroatoms. The van der Waals surface area contributed by atoms with Crippen molar-refractivity contribution in [2.24, 2.45) is 5.41 Å². The molecule has 78 valence electrons. The molecule has 1 fully saturated rings. The van der Waals surface area contributed by atoms with Crippen molar-refractivity contribution >= 4 is 5.78 Å². The van der Waals surface area contributed by atoms with Gasteiger partial charge in [-0.3, -0.25) is 4.79 Å². The average molecular weight is 194 g/mol. The molecular weight excluding hydrogens is 176 g/mol. The summed E-state index contributed by atoms with van der Waals surface area (Å²) in [6, 6.07) is 0. The number of ketones is 1. The highest BCUT2D eigenvalue weighted by atomic mass is 16.5. The summed E-state index contributed by atoms with van der Waals surface area (Å²) in [4.78, 5) is 11.1. The summed E-state index contributed by atoms with van der Waals surface area (Å²) in [5.74, 6) is 0.278. The van der Waals surface area contributed by atoms with E-state index in [1.165, 1.54) is 0 Å². The van der Waals surface area contributed by atoms with Gasteiger partial charge >= 0.3 is 0 Å². The van der Waals surface area contributed by atoms with Crippen molar-refractivity contribution in [1.29, 1.82) is 0 Å². The second-order valence-corrected chi connectivity index (χ2v) is 5.20. The predicted octanol–water partition coefficient (Wildman–Crippen LogP) is 2.48. The average Bonchev–Trinajstić information content (AvgIpc) is 2.09. The van der Waals surface area contributed by atoms with E-state index >= 15 is 0 Å². The van der Waals surface area contributed by atoms with Crippen molar-refractivity contribution in [3.63, 3.8) is 0 Å². The van der Waals surface area contributed by atoms with Crippen LogP contribution in [0.15, 0.2) is 12.2 Å². The highest BCUT2D eigenvalue weighted by Gasteiger charge is 2.40. The van der Waals surface area contributed by atoms with Crippen LogP contribution in [0.2, 0.25) is 0 Å². The second kappa shape index (κ2) is 3.20. The van der Waals surface area contributed by atoms with Gasteiger partial charge in [0, 0.05) is 13.0 Å². The highest BCUT2D eigenvalue weighted by Crippen LogP contribution is 2.44. The number of carbonyl (C=O) groups excluding carboxylic acids is 1. The lowest BCUT2D eigenvalue weighted by Gasteiger charge is -2.44. The first-order valence-corrected chi connectivity index (χ1v) is 5.38. The van der Waals surface area contributed by atoms with Gasteiger partial charge in [-0.2, -0.15) is 0 Å². The third-order valence-corrected chi connectivity index (χ3v) is 3.36. The van der Waals surface area contributed by atoms with Gasteiger partial charge in [-0.25, -0.2) is 0 Å². The quantitative estimate of drug-likeness (QED) is 0.592. The lowest BCUT2D eigenvalue weighted by atomic mass is 9.68. The molecule has 0 unspecified atom stereocenters. The second-order valence-electron chi connectivity index (χ2n) is 5.20. The van der Waals surface area contributed by atoms with Crippen LogP contribution in [0.4, 0.5) is 0 Å². The van der Waals surface area contributed by atoms with E-state index in [2.05, 4.69) is 19.9 Å². The van der Waals surface area contributed by atoms with Gasteiger partial charge in [-0.05, 0) is 44.6 Å². The topological polar surface area (TPSA) is 26.3 Å². The number of allylic oxidation sites excluding steroid dienone is 2. The molecule has 2 aliphatic rings. The minimum Gasteiger partial charge on any atom is -0.376 e. The molecule has 0 aromatic carbocycles. The van der Waals surface area contributed by atoms with E-state index < -0.39 is 0 Å². The van der Waals surface area contributed by atoms with Gasteiger partial charge in [0.15, 0.2) is 5.78 Å². The highest BCUT2D eigenvalue weighted by molar-refractivity contribution is 5.90. The van der Waals surface area contributed by atoms with E-state index in [4.69, 9.17) is 4.74 Å². The Labute approximate surface area is 85.3 Å². The Bertz CT molecular complexity index is 278. The van der Waals surface area contributed by atoms with Crippen LogP contribution in [0.3, 0.4) is 0 Å². The van der Waals surface area contributed by atoms with Crippen LogP contribution >= 0.6 is 0 Å². The molecular formula is C12H18O2. The Hall–Kier alpha value is -0.630. The zero-order valence-corrected chi connectivity index (χ0v) is 9.01. The molecule has 0 saturated carbocycles. The van der Waals surface area contributed by atoms with Gasteiger partial charge in [0.2, 0.25) is 0 Å². The Balaban J connectivity index is 2.16. The fourth-order valence-electron chi connectivity index (χ4n) is 2.68. The van der Waals surface area contributed by atoms with Gasteiger partial charge in [0.25, 0.3) is 0 Å². The lowest BCUT2D eigenvalue weighted by Crippen LogP contribution is -2.41. The van der Waals surface area contributed by atoms with Gasteiger partial charge < -0.3 is 4.74 Å². The van der Waals surface area contributed by atoms with E-state index in [0.29, 0.717) is 6.42 Å². The minimum atomic E-state index is -0.0248. The number of rotatable bonds is 0. The first-order chi connectivity index (χ1) is 6.52. The summed E-state index contributed by atoms with van der Waals surface area (Å²) < 4.78 is 5.70. The minimum absolute atomic E-state index is 0.0248. The van der Waals surface area contributed by atoms with Crippen LogP contribution in [0.1, 0.15) is 39.5 Å². The Morgan fingerprint density at radius 1 is 1.36 bits per heavy atom. The standard InChI is InChI=1S/C12H18O2/c1-11(2)9-12(7-8-14-11)5-3-10(13)4-6-12/h3,5H,4,6-9H2,1-2H3/t12-/m0/s1. The Kier molecular flexibility index (Phi) is 2.26.